The fourth-order valence-corrected chi connectivity index (χ4v) is 2.48. The van der Waals surface area contributed by atoms with Crippen LogP contribution in [-0.4, -0.2) is 11.4 Å². The Kier molecular flexibility index (Phi) is 3.93. The van der Waals surface area contributed by atoms with Crippen LogP contribution in [0.5, 0.6) is 0 Å². The smallest absolute Gasteiger partial charge is 0.222 e. The highest BCUT2D eigenvalue weighted by atomic mass is 35.5. The van der Waals surface area contributed by atoms with Gasteiger partial charge >= 0.3 is 0 Å². The first-order valence-corrected chi connectivity index (χ1v) is 6.70. The summed E-state index contributed by atoms with van der Waals surface area (Å²) < 4.78 is 0. The van der Waals surface area contributed by atoms with Crippen LogP contribution in [0.2, 0.25) is 5.02 Å². The van der Waals surface area contributed by atoms with Crippen LogP contribution < -0.4 is 11.1 Å². The largest absolute Gasteiger partial charge is 0.350 e. The molecule has 0 bridgehead atoms. The predicted molar refractivity (Wildman–Crippen MR) is 73.4 cm³/mol. The third-order valence-corrected chi connectivity index (χ3v) is 3.82. The van der Waals surface area contributed by atoms with Crippen LogP contribution in [0.3, 0.4) is 0 Å². The number of halogens is 1. The third kappa shape index (κ3) is 3.24. The molecule has 3 N–H and O–H groups in total. The van der Waals surface area contributed by atoms with E-state index >= 15 is 0 Å². The Morgan fingerprint density at radius 1 is 1.56 bits per heavy atom. The first-order valence-electron chi connectivity index (χ1n) is 6.32. The molecule has 0 heterocycles. The molecule has 0 aromatic heterocycles. The minimum absolute atomic E-state index is 0.0182. The number of carbonyl (C=O) groups is 1. The molecule has 1 aliphatic rings. The second-order valence-electron chi connectivity index (χ2n) is 5.24. The van der Waals surface area contributed by atoms with E-state index in [1.54, 1.807) is 0 Å². The fourth-order valence-electron chi connectivity index (χ4n) is 2.28. The van der Waals surface area contributed by atoms with E-state index in [9.17, 15) is 4.79 Å². The van der Waals surface area contributed by atoms with E-state index in [1.165, 1.54) is 0 Å². The topological polar surface area (TPSA) is 55.1 Å². The van der Waals surface area contributed by atoms with Gasteiger partial charge in [0.05, 0.1) is 6.04 Å². The second kappa shape index (κ2) is 5.29. The van der Waals surface area contributed by atoms with Gasteiger partial charge in [0.1, 0.15) is 0 Å². The average Bonchev–Trinajstić information content (AvgIpc) is 2.26. The van der Waals surface area contributed by atoms with E-state index in [-0.39, 0.29) is 17.5 Å². The molecule has 3 nitrogen and oxygen atoms in total. The molecule has 1 aliphatic carbocycles. The fraction of sp³-hybridized carbons (Fsp3) is 0.500. The molecule has 0 radical (unpaired) electrons. The molecule has 1 unspecified atom stereocenters. The van der Waals surface area contributed by atoms with Crippen molar-refractivity contribution in [2.24, 2.45) is 5.73 Å². The molecule has 1 aromatic carbocycles. The third-order valence-electron chi connectivity index (χ3n) is 3.59. The van der Waals surface area contributed by atoms with E-state index in [2.05, 4.69) is 5.32 Å². The lowest BCUT2D eigenvalue weighted by molar-refractivity contribution is -0.123. The first-order chi connectivity index (χ1) is 8.48. The molecule has 1 fully saturated rings. The molecule has 1 aromatic rings. The molecular formula is C14H19ClN2O. The second-order valence-corrected chi connectivity index (χ2v) is 5.67. The summed E-state index contributed by atoms with van der Waals surface area (Å²) in [6.45, 7) is 1.95. The van der Waals surface area contributed by atoms with E-state index < -0.39 is 0 Å². The summed E-state index contributed by atoms with van der Waals surface area (Å²) in [5.41, 5.74) is 6.80. The van der Waals surface area contributed by atoms with Gasteiger partial charge in [0, 0.05) is 17.0 Å². The molecular weight excluding hydrogens is 248 g/mol. The van der Waals surface area contributed by atoms with Crippen LogP contribution in [0, 0.1) is 0 Å². The van der Waals surface area contributed by atoms with Crippen molar-refractivity contribution in [3.8, 4) is 0 Å². The minimum Gasteiger partial charge on any atom is -0.350 e. The summed E-state index contributed by atoms with van der Waals surface area (Å²) in [5, 5.41) is 3.65. The van der Waals surface area contributed by atoms with Crippen LogP contribution in [0.15, 0.2) is 24.3 Å². The van der Waals surface area contributed by atoms with Crippen molar-refractivity contribution >= 4 is 17.5 Å². The highest BCUT2D eigenvalue weighted by Crippen LogP contribution is 2.32. The van der Waals surface area contributed by atoms with Crippen LogP contribution in [0.4, 0.5) is 0 Å². The Hall–Kier alpha value is -1.06. The average molecular weight is 267 g/mol. The zero-order chi connectivity index (χ0) is 13.2. The highest BCUT2D eigenvalue weighted by Gasteiger charge is 2.34. The van der Waals surface area contributed by atoms with Crippen LogP contribution in [0.25, 0.3) is 0 Å². The number of benzene rings is 1. The van der Waals surface area contributed by atoms with Crippen LogP contribution >= 0.6 is 11.6 Å². The number of amides is 1. The molecule has 18 heavy (non-hydrogen) atoms. The molecule has 98 valence electrons. The lowest BCUT2D eigenvalue weighted by Gasteiger charge is -2.37. The predicted octanol–water partition coefficient (Wildman–Crippen LogP) is 2.79. The zero-order valence-electron chi connectivity index (χ0n) is 10.6. The first kappa shape index (κ1) is 13.4. The maximum Gasteiger partial charge on any atom is 0.222 e. The lowest BCUT2D eigenvalue weighted by atomic mass is 9.75. The summed E-state index contributed by atoms with van der Waals surface area (Å²) in [7, 11) is 0. The van der Waals surface area contributed by atoms with Crippen molar-refractivity contribution in [2.75, 3.05) is 0 Å². The Morgan fingerprint density at radius 3 is 2.83 bits per heavy atom. The van der Waals surface area contributed by atoms with Crippen molar-refractivity contribution in [2.45, 2.75) is 44.2 Å². The molecule has 0 saturated heterocycles. The standard InChI is InChI=1S/C14H19ClN2O/c1-10(11-4-2-5-12(15)8-11)17-13(18)9-14(16)6-3-7-14/h2,4-5,8,10H,3,6-7,9,16H2,1H3,(H,17,18). The van der Waals surface area contributed by atoms with Gasteiger partial charge < -0.3 is 11.1 Å². The van der Waals surface area contributed by atoms with Crippen molar-refractivity contribution in [3.05, 3.63) is 34.9 Å². The van der Waals surface area contributed by atoms with E-state index in [0.29, 0.717) is 11.4 Å². The van der Waals surface area contributed by atoms with Gasteiger partial charge in [-0.1, -0.05) is 23.7 Å². The van der Waals surface area contributed by atoms with E-state index in [1.807, 2.05) is 31.2 Å². The SMILES string of the molecule is CC(NC(=O)CC1(N)CCC1)c1cccc(Cl)c1. The molecule has 1 saturated carbocycles. The van der Waals surface area contributed by atoms with Crippen LogP contribution in [-0.2, 0) is 4.79 Å². The Bertz CT molecular complexity index is 443. The van der Waals surface area contributed by atoms with E-state index in [4.69, 9.17) is 17.3 Å². The van der Waals surface area contributed by atoms with Crippen molar-refractivity contribution in [1.29, 1.82) is 0 Å². The molecule has 0 spiro atoms. The van der Waals surface area contributed by atoms with Gasteiger partial charge in [-0.2, -0.15) is 0 Å². The molecule has 2 rings (SSSR count). The summed E-state index contributed by atoms with van der Waals surface area (Å²) in [6, 6.07) is 7.49. The molecule has 0 aliphatic heterocycles. The number of carbonyl (C=O) groups excluding carboxylic acids is 1. The van der Waals surface area contributed by atoms with Gasteiger partial charge in [0.25, 0.3) is 0 Å². The summed E-state index contributed by atoms with van der Waals surface area (Å²) in [5.74, 6) is 0.0182. The molecule has 1 atom stereocenters. The van der Waals surface area contributed by atoms with Gasteiger partial charge in [-0.05, 0) is 43.9 Å². The van der Waals surface area contributed by atoms with Crippen molar-refractivity contribution in [3.63, 3.8) is 0 Å². The molecule has 1 amide bonds. The molecule has 4 heteroatoms. The van der Waals surface area contributed by atoms with Crippen LogP contribution in [0.1, 0.15) is 44.2 Å². The van der Waals surface area contributed by atoms with Crippen molar-refractivity contribution in [1.82, 2.24) is 5.32 Å². The van der Waals surface area contributed by atoms with E-state index in [0.717, 1.165) is 24.8 Å². The Labute approximate surface area is 113 Å². The zero-order valence-corrected chi connectivity index (χ0v) is 11.3. The summed E-state index contributed by atoms with van der Waals surface area (Å²) in [4.78, 5) is 11.9. The van der Waals surface area contributed by atoms with Gasteiger partial charge in [-0.3, -0.25) is 4.79 Å². The quantitative estimate of drug-likeness (QED) is 0.880. The van der Waals surface area contributed by atoms with Gasteiger partial charge in [-0.15, -0.1) is 0 Å². The number of rotatable bonds is 4. The van der Waals surface area contributed by atoms with Gasteiger partial charge in [0.15, 0.2) is 0 Å². The maximum absolute atomic E-state index is 11.9. The Balaban J connectivity index is 1.90. The number of hydrogen-bond donors (Lipinski definition) is 2. The highest BCUT2D eigenvalue weighted by molar-refractivity contribution is 6.30. The minimum atomic E-state index is -0.266. The normalized spacial score (nSPS) is 18.8. The Morgan fingerprint density at radius 2 is 2.28 bits per heavy atom. The number of nitrogens with one attached hydrogen (secondary N) is 1. The van der Waals surface area contributed by atoms with Gasteiger partial charge in [-0.25, -0.2) is 0 Å². The summed E-state index contributed by atoms with van der Waals surface area (Å²) in [6.07, 6.45) is 3.45. The number of hydrogen-bond acceptors (Lipinski definition) is 2. The van der Waals surface area contributed by atoms with Crippen molar-refractivity contribution < 1.29 is 4.79 Å². The van der Waals surface area contributed by atoms with Gasteiger partial charge in [0.2, 0.25) is 5.91 Å². The lowest BCUT2D eigenvalue weighted by Crippen LogP contribution is -2.50. The monoisotopic (exact) mass is 266 g/mol. The summed E-state index contributed by atoms with van der Waals surface area (Å²) >= 11 is 5.93. The maximum atomic E-state index is 11.9. The number of nitrogens with two attached hydrogens (primary N) is 1.